The second kappa shape index (κ2) is 15.3. The van der Waals surface area contributed by atoms with Crippen LogP contribution in [0.1, 0.15) is 41.3 Å². The van der Waals surface area contributed by atoms with Crippen molar-refractivity contribution in [1.82, 2.24) is 18.3 Å². The molecule has 0 unspecified atom stereocenters. The minimum absolute atomic E-state index is 0.0605. The fraction of sp³-hybridized carbons (Fsp3) is 0.0145. The lowest BCUT2D eigenvalue weighted by Gasteiger charge is -2.27. The molecule has 17 rings (SSSR count). The number of fused-ring (bicyclic) bond motifs is 20. The lowest BCUT2D eigenvalue weighted by atomic mass is 10.0. The van der Waals surface area contributed by atoms with Crippen molar-refractivity contribution < 1.29 is 34.6 Å². The van der Waals surface area contributed by atoms with Crippen molar-refractivity contribution in [1.29, 1.82) is 5.26 Å². The number of hydrogen-bond acceptors (Lipinski definition) is 3. The molecule has 0 aliphatic rings. The third-order valence-corrected chi connectivity index (χ3v) is 15.8. The van der Waals surface area contributed by atoms with E-state index < -0.39 is 183 Å². The summed E-state index contributed by atoms with van der Waals surface area (Å²) in [6, 6.07) is 16.6. The molecule has 0 fully saturated rings. The van der Waals surface area contributed by atoms with Crippen LogP contribution < -0.4 is 0 Å². The highest BCUT2D eigenvalue weighted by atomic mass is 32.1. The number of nitriles is 1. The first-order chi connectivity index (χ1) is 47.2. The highest BCUT2D eigenvalue weighted by Gasteiger charge is 2.35. The first kappa shape index (κ1) is 26.2. The van der Waals surface area contributed by atoms with Crippen molar-refractivity contribution in [3.8, 4) is 28.8 Å². The van der Waals surface area contributed by atoms with E-state index in [0.29, 0.717) is 43.6 Å². The number of rotatable bonds is 4. The molecule has 6 heterocycles. The normalized spacial score (nSPS) is 16.4. The van der Waals surface area contributed by atoms with Crippen molar-refractivity contribution in [3.05, 3.63) is 234 Å². The van der Waals surface area contributed by atoms with Crippen molar-refractivity contribution in [2.45, 2.75) is 6.85 Å². The summed E-state index contributed by atoms with van der Waals surface area (Å²) in [5.74, 6) is 0. The van der Waals surface area contributed by atoms with Crippen LogP contribution in [0.25, 0.3) is 157 Å². The Morgan fingerprint density at radius 3 is 1.69 bits per heavy atom. The van der Waals surface area contributed by atoms with Crippen LogP contribution in [0.5, 0.6) is 0 Å². The van der Waals surface area contributed by atoms with Gasteiger partial charge >= 0.3 is 0 Å². The van der Waals surface area contributed by atoms with E-state index in [0.717, 1.165) is 11.3 Å². The molecule has 0 saturated heterocycles. The zero-order valence-electron chi connectivity index (χ0n) is 61.2. The summed E-state index contributed by atoms with van der Waals surface area (Å²) in [5, 5.41) is 12.5. The Labute approximate surface area is 473 Å². The summed E-state index contributed by atoms with van der Waals surface area (Å²) >= 11 is 0.764. The van der Waals surface area contributed by atoms with Gasteiger partial charge in [0.15, 0.2) is 5.58 Å². The number of para-hydroxylation sites is 6. The van der Waals surface area contributed by atoms with Gasteiger partial charge in [0.2, 0.25) is 5.69 Å². The van der Waals surface area contributed by atoms with E-state index in [-0.39, 0.29) is 64.3 Å². The molecule has 6 aromatic heterocycles. The molecule has 0 N–H and O–H groups in total. The van der Waals surface area contributed by atoms with Crippen LogP contribution in [0, 0.1) is 24.8 Å². The maximum Gasteiger partial charge on any atom is 0.237 e. The van der Waals surface area contributed by atoms with Gasteiger partial charge in [0.05, 0.1) is 110 Å². The fourth-order valence-electron chi connectivity index (χ4n) is 11.8. The molecule has 0 aliphatic carbocycles. The summed E-state index contributed by atoms with van der Waals surface area (Å²) < 4.78 is 220. The van der Waals surface area contributed by atoms with Crippen molar-refractivity contribution >= 4 is 146 Å². The highest BCUT2D eigenvalue weighted by Crippen LogP contribution is 2.54. The highest BCUT2D eigenvalue weighted by molar-refractivity contribution is 7.26. The molecule has 356 valence electrons. The first-order valence-electron chi connectivity index (χ1n) is 35.0. The van der Waals surface area contributed by atoms with E-state index in [2.05, 4.69) is 10.9 Å². The van der Waals surface area contributed by atoms with Gasteiger partial charge in [-0.1, -0.05) is 157 Å². The van der Waals surface area contributed by atoms with E-state index in [9.17, 15) is 32.4 Å². The van der Waals surface area contributed by atoms with E-state index in [1.165, 1.54) is 9.13 Å². The molecule has 11 aromatic carbocycles. The number of benzene rings is 11. The molecule has 0 bridgehead atoms. The Balaban J connectivity index is 1.28. The van der Waals surface area contributed by atoms with Gasteiger partial charge in [0.25, 0.3) is 0 Å². The van der Waals surface area contributed by atoms with Crippen molar-refractivity contribution in [2.24, 2.45) is 0 Å². The van der Waals surface area contributed by atoms with Gasteiger partial charge in [-0.25, -0.2) is 4.85 Å². The minimum atomic E-state index is -3.30. The summed E-state index contributed by atoms with van der Waals surface area (Å²) in [5.41, 5.74) is -4.61. The standard InChI is InChI=1S/C69H38N6OS/c1-39-31-36-58-51(37-39)48-32-34-49-45-22-8-15-29-59(45)76-68(49)64(48)75(58)67-63(72-53-24-10-3-17-40(53)41-18-4-11-25-54(41)72)52(38-70)62(61(71-2)66(67)73-55-26-12-5-19-42(55)43-20-6-13-27-56(43)73)74-57-28-14-7-21-44(57)47-33-35-50-46-23-9-16-30-60(46)77-69(50)65(47)74/h3-37H,1H3/i1D3,7D,8D,9D,14D,15D,16D,21D,22D,23D,28D,29D,30D,31D,32D,33D,34D,35D,36D,37D. The minimum Gasteiger partial charge on any atom is -0.454 e. The first-order valence-corrected chi connectivity index (χ1v) is 24.8. The average molecular weight is 1020 g/mol. The summed E-state index contributed by atoms with van der Waals surface area (Å²) in [4.78, 5) is 4.45. The summed E-state index contributed by atoms with van der Waals surface area (Å²) in [7, 11) is 0. The molecule has 0 amide bonds. The zero-order chi connectivity index (χ0) is 69.8. The van der Waals surface area contributed by atoms with Crippen molar-refractivity contribution in [3.63, 3.8) is 0 Å². The average Bonchev–Trinajstić information content (AvgIpc) is 1.53. The van der Waals surface area contributed by atoms with Crippen LogP contribution in [-0.2, 0) is 0 Å². The van der Waals surface area contributed by atoms with Gasteiger partial charge in [-0.05, 0) is 67.4 Å². The molecule has 0 radical (unpaired) electrons. The van der Waals surface area contributed by atoms with Gasteiger partial charge in [0, 0.05) is 73.4 Å². The number of thiophene rings is 1. The van der Waals surface area contributed by atoms with Crippen LogP contribution in [0.3, 0.4) is 0 Å². The van der Waals surface area contributed by atoms with E-state index >= 15 is 0 Å². The van der Waals surface area contributed by atoms with Crippen molar-refractivity contribution in [2.75, 3.05) is 0 Å². The molecule has 8 heteroatoms. The number of nitrogens with zero attached hydrogens (tertiary/aromatic N) is 6. The summed E-state index contributed by atoms with van der Waals surface area (Å²) in [6.45, 7) is 6.71. The predicted octanol–water partition coefficient (Wildman–Crippen LogP) is 19.1. The molecule has 0 spiro atoms. The third-order valence-electron chi connectivity index (χ3n) is 14.7. The van der Waals surface area contributed by atoms with Gasteiger partial charge in [-0.2, -0.15) is 5.26 Å². The van der Waals surface area contributed by atoms with Gasteiger partial charge in [-0.3, -0.25) is 0 Å². The Hall–Kier alpha value is -10.4. The monoisotopic (exact) mass is 1020 g/mol. The number of furan rings is 1. The molecule has 0 saturated carbocycles. The van der Waals surface area contributed by atoms with Gasteiger partial charge in [0.1, 0.15) is 11.7 Å². The molecular formula is C69H38N6OS. The SMILES string of the molecule is [2H]c1c([2H])c([2H])c2c(oc3c2c([2H])c([2H])c2c4c([2H])c(C([2H])([2H])[2H])c([2H])c([2H])c4n(-c4c(-n5c6ccccc6c6ccccc65)c(C#N)c(-n5c6c([2H])c([2H])c([2H])c([2H])c6c6c([2H])c([2H])c7c(sc8c([2H])c([2H])c([2H])c([2H])c87)c65)c([N+]#[C-])c4-n4c5ccccc5c5ccccc54)c32)c1[2H]. The largest absolute Gasteiger partial charge is 0.454 e. The molecule has 17 aromatic rings. The van der Waals surface area contributed by atoms with Crippen LogP contribution >= 0.6 is 11.3 Å². The van der Waals surface area contributed by atoms with Gasteiger partial charge in [-0.15, -0.1) is 11.3 Å². The Bertz CT molecular complexity index is 6620. The second-order valence-corrected chi connectivity index (χ2v) is 19.4. The lowest BCUT2D eigenvalue weighted by Crippen LogP contribution is -2.14. The van der Waals surface area contributed by atoms with Crippen LogP contribution in [-0.4, -0.2) is 18.3 Å². The van der Waals surface area contributed by atoms with Crippen LogP contribution in [0.15, 0.2) is 216 Å². The molecular weight excluding hydrogens is 961 g/mol. The quantitative estimate of drug-likeness (QED) is 0.165. The molecule has 7 nitrogen and oxygen atoms in total. The van der Waals surface area contributed by atoms with Crippen LogP contribution in [0.4, 0.5) is 5.69 Å². The Kier molecular flexibility index (Phi) is 5.22. The lowest BCUT2D eigenvalue weighted by molar-refractivity contribution is 0.671. The summed E-state index contributed by atoms with van der Waals surface area (Å²) in [6.07, 6.45) is 0. The van der Waals surface area contributed by atoms with E-state index in [4.69, 9.17) is 14.0 Å². The zero-order valence-corrected chi connectivity index (χ0v) is 40.1. The van der Waals surface area contributed by atoms with E-state index in [1.54, 1.807) is 106 Å². The number of aromatic nitrogens is 4. The Morgan fingerprint density at radius 1 is 0.481 bits per heavy atom. The van der Waals surface area contributed by atoms with E-state index in [1.807, 2.05) is 0 Å². The number of hydrogen-bond donors (Lipinski definition) is 0. The fourth-order valence-corrected chi connectivity index (χ4v) is 12.9. The topological polar surface area (TPSA) is 61.0 Å². The second-order valence-electron chi connectivity index (χ2n) is 18.4. The maximum atomic E-state index is 13.0. The maximum absolute atomic E-state index is 13.0. The third kappa shape index (κ3) is 5.41. The van der Waals surface area contributed by atoms with Gasteiger partial charge < -0.3 is 22.7 Å². The predicted molar refractivity (Wildman–Crippen MR) is 320 cm³/mol. The molecule has 0 atom stereocenters. The smallest absolute Gasteiger partial charge is 0.237 e. The molecule has 77 heavy (non-hydrogen) atoms. The van der Waals surface area contributed by atoms with Crippen LogP contribution in [0.2, 0.25) is 0 Å². The Morgan fingerprint density at radius 2 is 1.03 bits per heavy atom. The molecule has 0 aliphatic heterocycles.